The fourth-order valence-corrected chi connectivity index (χ4v) is 2.61. The van der Waals surface area contributed by atoms with Gasteiger partial charge in [0.25, 0.3) is 5.91 Å². The van der Waals surface area contributed by atoms with Crippen LogP contribution in [0.3, 0.4) is 0 Å². The molecule has 3 aromatic rings. The van der Waals surface area contributed by atoms with E-state index < -0.39 is 5.97 Å². The van der Waals surface area contributed by atoms with Crippen molar-refractivity contribution in [1.29, 1.82) is 0 Å². The first-order valence-corrected chi connectivity index (χ1v) is 7.51. The molecule has 2 N–H and O–H groups in total. The molecule has 3 rings (SSSR count). The molecule has 1 aromatic carbocycles. The third-order valence-corrected chi connectivity index (χ3v) is 3.74. The molecule has 0 saturated heterocycles. The number of aryl methyl sites for hydroxylation is 2. The van der Waals surface area contributed by atoms with E-state index in [1.165, 1.54) is 0 Å². The summed E-state index contributed by atoms with van der Waals surface area (Å²) in [5, 5.41) is 11.6. The van der Waals surface area contributed by atoms with E-state index in [1.807, 2.05) is 25.3 Å². The molecule has 0 bridgehead atoms. The van der Waals surface area contributed by atoms with Gasteiger partial charge in [0, 0.05) is 11.9 Å². The van der Waals surface area contributed by atoms with Crippen LogP contribution in [0, 0.1) is 13.8 Å². The highest BCUT2D eigenvalue weighted by molar-refractivity contribution is 6.04. The number of carboxylic acid groups (broad SMARTS) is 1. The van der Waals surface area contributed by atoms with E-state index in [9.17, 15) is 9.59 Å². The topological polar surface area (TPSA) is 83.7 Å². The zero-order valence-corrected chi connectivity index (χ0v) is 13.4. The number of benzene rings is 1. The first kappa shape index (κ1) is 15.7. The molecule has 2 heterocycles. The molecule has 6 nitrogen and oxygen atoms in total. The number of hydrogen-bond donors (Lipinski definition) is 2. The van der Waals surface area contributed by atoms with Crippen LogP contribution >= 0.6 is 0 Å². The highest BCUT2D eigenvalue weighted by Crippen LogP contribution is 2.16. The SMILES string of the molecule is Cc1ccn2c(C(=O)Nc3ccc(CC(=O)O)cc3)c(C)nc2c1. The van der Waals surface area contributed by atoms with Gasteiger partial charge in [-0.15, -0.1) is 0 Å². The molecule has 122 valence electrons. The number of nitrogens with zero attached hydrogens (tertiary/aromatic N) is 2. The zero-order chi connectivity index (χ0) is 17.3. The molecule has 0 saturated carbocycles. The van der Waals surface area contributed by atoms with E-state index in [-0.39, 0.29) is 12.3 Å². The summed E-state index contributed by atoms with van der Waals surface area (Å²) in [7, 11) is 0. The third-order valence-electron chi connectivity index (χ3n) is 3.74. The van der Waals surface area contributed by atoms with Crippen molar-refractivity contribution in [3.8, 4) is 0 Å². The standard InChI is InChI=1S/C18H17N3O3/c1-11-7-8-21-15(9-11)19-12(2)17(21)18(24)20-14-5-3-13(4-6-14)10-16(22)23/h3-9H,10H2,1-2H3,(H,20,24)(H,22,23). The molecule has 6 heteroatoms. The van der Waals surface area contributed by atoms with Crippen LogP contribution in [0.15, 0.2) is 42.6 Å². The van der Waals surface area contributed by atoms with E-state index >= 15 is 0 Å². The van der Waals surface area contributed by atoms with Gasteiger partial charge in [0.15, 0.2) is 0 Å². The minimum Gasteiger partial charge on any atom is -0.481 e. The van der Waals surface area contributed by atoms with Crippen LogP contribution in [0.5, 0.6) is 0 Å². The van der Waals surface area contributed by atoms with Crippen molar-refractivity contribution < 1.29 is 14.7 Å². The molecule has 2 aromatic heterocycles. The molecule has 0 aliphatic rings. The lowest BCUT2D eigenvalue weighted by Crippen LogP contribution is -2.15. The number of carbonyl (C=O) groups excluding carboxylic acids is 1. The van der Waals surface area contributed by atoms with Gasteiger partial charge in [-0.25, -0.2) is 4.98 Å². The van der Waals surface area contributed by atoms with Crippen LogP contribution in [0.1, 0.15) is 27.3 Å². The second kappa shape index (κ2) is 6.16. The molecule has 1 amide bonds. The Balaban J connectivity index is 1.85. The van der Waals surface area contributed by atoms with Crippen LogP contribution in [-0.4, -0.2) is 26.4 Å². The van der Waals surface area contributed by atoms with Gasteiger partial charge in [-0.2, -0.15) is 0 Å². The lowest BCUT2D eigenvalue weighted by molar-refractivity contribution is -0.136. The largest absolute Gasteiger partial charge is 0.481 e. The van der Waals surface area contributed by atoms with Gasteiger partial charge in [-0.05, 0) is 49.2 Å². The molecule has 0 aliphatic carbocycles. The number of amides is 1. The summed E-state index contributed by atoms with van der Waals surface area (Å²) in [6, 6.07) is 10.6. The summed E-state index contributed by atoms with van der Waals surface area (Å²) in [5.74, 6) is -1.14. The summed E-state index contributed by atoms with van der Waals surface area (Å²) in [6.07, 6.45) is 1.79. The highest BCUT2D eigenvalue weighted by atomic mass is 16.4. The number of fused-ring (bicyclic) bond motifs is 1. The molecule has 0 fully saturated rings. The number of pyridine rings is 1. The number of carboxylic acids is 1. The molecule has 0 atom stereocenters. The van der Waals surface area contributed by atoms with Crippen molar-refractivity contribution in [2.24, 2.45) is 0 Å². The number of nitrogens with one attached hydrogen (secondary N) is 1. The number of aliphatic carboxylic acids is 1. The van der Waals surface area contributed by atoms with Crippen LogP contribution in [0.25, 0.3) is 5.65 Å². The van der Waals surface area contributed by atoms with Crippen molar-refractivity contribution in [2.75, 3.05) is 5.32 Å². The summed E-state index contributed by atoms with van der Waals surface area (Å²) in [5.41, 5.74) is 4.24. The third kappa shape index (κ3) is 3.12. The lowest BCUT2D eigenvalue weighted by Gasteiger charge is -2.07. The predicted octanol–water partition coefficient (Wildman–Crippen LogP) is 2.83. The maximum absolute atomic E-state index is 12.6. The summed E-state index contributed by atoms with van der Waals surface area (Å²) >= 11 is 0. The predicted molar refractivity (Wildman–Crippen MR) is 90.4 cm³/mol. The molecular formula is C18H17N3O3. The molecule has 0 unspecified atom stereocenters. The van der Waals surface area contributed by atoms with Gasteiger partial charge in [0.05, 0.1) is 12.1 Å². The van der Waals surface area contributed by atoms with Crippen LogP contribution in [0.4, 0.5) is 5.69 Å². The first-order chi connectivity index (χ1) is 11.4. The Morgan fingerprint density at radius 3 is 2.54 bits per heavy atom. The maximum atomic E-state index is 12.6. The quantitative estimate of drug-likeness (QED) is 0.773. The van der Waals surface area contributed by atoms with Gasteiger partial charge >= 0.3 is 5.97 Å². The van der Waals surface area contributed by atoms with E-state index in [2.05, 4.69) is 10.3 Å². The molecule has 24 heavy (non-hydrogen) atoms. The Labute approximate surface area is 138 Å². The Morgan fingerprint density at radius 2 is 1.88 bits per heavy atom. The summed E-state index contributed by atoms with van der Waals surface area (Å²) < 4.78 is 1.76. The molecule has 0 aliphatic heterocycles. The second-order valence-corrected chi connectivity index (χ2v) is 5.70. The maximum Gasteiger partial charge on any atom is 0.307 e. The number of rotatable bonds is 4. The Hall–Kier alpha value is -3.15. The fourth-order valence-electron chi connectivity index (χ4n) is 2.61. The van der Waals surface area contributed by atoms with Crippen molar-refractivity contribution in [3.05, 3.63) is 65.1 Å². The first-order valence-electron chi connectivity index (χ1n) is 7.51. The Morgan fingerprint density at radius 1 is 1.17 bits per heavy atom. The van der Waals surface area contributed by atoms with Gasteiger partial charge in [-0.1, -0.05) is 12.1 Å². The minimum absolute atomic E-state index is 0.0417. The van der Waals surface area contributed by atoms with E-state index in [1.54, 1.807) is 35.6 Å². The number of imidazole rings is 1. The summed E-state index contributed by atoms with van der Waals surface area (Å²) in [4.78, 5) is 27.7. The fraction of sp³-hybridized carbons (Fsp3) is 0.167. The average molecular weight is 323 g/mol. The van der Waals surface area contributed by atoms with Crippen molar-refractivity contribution in [2.45, 2.75) is 20.3 Å². The highest BCUT2D eigenvalue weighted by Gasteiger charge is 2.16. The van der Waals surface area contributed by atoms with E-state index in [4.69, 9.17) is 5.11 Å². The smallest absolute Gasteiger partial charge is 0.307 e. The Kier molecular flexibility index (Phi) is 4.04. The number of aromatic nitrogens is 2. The normalized spacial score (nSPS) is 10.8. The van der Waals surface area contributed by atoms with Crippen LogP contribution < -0.4 is 5.32 Å². The monoisotopic (exact) mass is 323 g/mol. The van der Waals surface area contributed by atoms with Gasteiger partial charge in [0.1, 0.15) is 11.3 Å². The van der Waals surface area contributed by atoms with Crippen LogP contribution in [-0.2, 0) is 11.2 Å². The van der Waals surface area contributed by atoms with Gasteiger partial charge < -0.3 is 10.4 Å². The van der Waals surface area contributed by atoms with Crippen molar-refractivity contribution in [3.63, 3.8) is 0 Å². The summed E-state index contributed by atoms with van der Waals surface area (Å²) in [6.45, 7) is 3.77. The van der Waals surface area contributed by atoms with Gasteiger partial charge in [-0.3, -0.25) is 14.0 Å². The van der Waals surface area contributed by atoms with Gasteiger partial charge in [0.2, 0.25) is 0 Å². The van der Waals surface area contributed by atoms with E-state index in [0.717, 1.165) is 11.2 Å². The molecule has 0 radical (unpaired) electrons. The zero-order valence-electron chi connectivity index (χ0n) is 13.4. The molecule has 0 spiro atoms. The van der Waals surface area contributed by atoms with Crippen molar-refractivity contribution in [1.82, 2.24) is 9.38 Å². The number of carbonyl (C=O) groups is 2. The number of anilines is 1. The van der Waals surface area contributed by atoms with E-state index in [0.29, 0.717) is 22.6 Å². The minimum atomic E-state index is -0.886. The second-order valence-electron chi connectivity index (χ2n) is 5.70. The Bertz CT molecular complexity index is 927. The van der Waals surface area contributed by atoms with Crippen molar-refractivity contribution >= 4 is 23.2 Å². The lowest BCUT2D eigenvalue weighted by atomic mass is 10.1. The molecular weight excluding hydrogens is 306 g/mol. The average Bonchev–Trinajstić information content (AvgIpc) is 2.83. The number of hydrogen-bond acceptors (Lipinski definition) is 3. The van der Waals surface area contributed by atoms with Crippen LogP contribution in [0.2, 0.25) is 0 Å².